The molecule has 25 heavy (non-hydrogen) atoms. The average molecular weight is 350 g/mol. The first-order chi connectivity index (χ1) is 12.2. The van der Waals surface area contributed by atoms with Crippen LogP contribution in [0.25, 0.3) is 0 Å². The number of aromatic nitrogens is 3. The van der Waals surface area contributed by atoms with Gasteiger partial charge < -0.3 is 0 Å². The van der Waals surface area contributed by atoms with E-state index in [1.165, 1.54) is 16.7 Å². The van der Waals surface area contributed by atoms with Crippen LogP contribution < -0.4 is 0 Å². The zero-order valence-electron chi connectivity index (χ0n) is 14.4. The Morgan fingerprint density at radius 2 is 1.76 bits per heavy atom. The van der Waals surface area contributed by atoms with Gasteiger partial charge in [-0.1, -0.05) is 54.6 Å². The molecule has 1 aliphatic rings. The molecule has 2 heterocycles. The molecule has 4 nitrogen and oxygen atoms in total. The van der Waals surface area contributed by atoms with Crippen molar-refractivity contribution in [3.63, 3.8) is 0 Å². The summed E-state index contributed by atoms with van der Waals surface area (Å²) in [5.41, 5.74) is 4.12. The fraction of sp³-hybridized carbons (Fsp3) is 0.300. The molecule has 0 aliphatic carbocycles. The van der Waals surface area contributed by atoms with E-state index in [9.17, 15) is 0 Å². The number of hydrogen-bond acceptors (Lipinski definition) is 3. The first-order valence-corrected chi connectivity index (χ1v) is 9.11. The van der Waals surface area contributed by atoms with Gasteiger partial charge in [0.25, 0.3) is 0 Å². The van der Waals surface area contributed by atoms with Gasteiger partial charge in [0.15, 0.2) is 4.77 Å². The molecule has 0 saturated heterocycles. The van der Waals surface area contributed by atoms with Crippen LogP contribution in [-0.2, 0) is 19.6 Å². The van der Waals surface area contributed by atoms with Crippen molar-refractivity contribution in [1.82, 2.24) is 19.2 Å². The highest BCUT2D eigenvalue weighted by Crippen LogP contribution is 2.20. The van der Waals surface area contributed by atoms with Crippen LogP contribution in [0.2, 0.25) is 0 Å². The number of fused-ring (bicyclic) bond motifs is 1. The van der Waals surface area contributed by atoms with Crippen LogP contribution in [0.15, 0.2) is 60.9 Å². The number of nitrogens with zero attached hydrogens (tertiary/aromatic N) is 4. The Morgan fingerprint density at radius 1 is 1.04 bits per heavy atom. The van der Waals surface area contributed by atoms with E-state index in [1.54, 1.807) is 0 Å². The smallest absolute Gasteiger partial charge is 0.199 e. The quantitative estimate of drug-likeness (QED) is 0.664. The van der Waals surface area contributed by atoms with Crippen LogP contribution in [0.5, 0.6) is 0 Å². The van der Waals surface area contributed by atoms with E-state index in [-0.39, 0.29) is 6.04 Å². The summed E-state index contributed by atoms with van der Waals surface area (Å²) < 4.78 is 4.78. The van der Waals surface area contributed by atoms with E-state index >= 15 is 0 Å². The molecule has 0 unspecified atom stereocenters. The molecule has 5 heteroatoms. The molecule has 0 bridgehead atoms. The lowest BCUT2D eigenvalue weighted by atomic mass is 10.0. The van der Waals surface area contributed by atoms with Crippen molar-refractivity contribution in [2.24, 2.45) is 0 Å². The van der Waals surface area contributed by atoms with E-state index in [4.69, 9.17) is 12.2 Å². The summed E-state index contributed by atoms with van der Waals surface area (Å²) >= 11 is 5.68. The Hall–Kier alpha value is -2.24. The fourth-order valence-electron chi connectivity index (χ4n) is 3.47. The van der Waals surface area contributed by atoms with E-state index < -0.39 is 0 Å². The summed E-state index contributed by atoms with van der Waals surface area (Å²) in [7, 11) is 0. The summed E-state index contributed by atoms with van der Waals surface area (Å²) in [6.45, 7) is 4.90. The highest BCUT2D eigenvalue weighted by atomic mass is 32.1. The lowest BCUT2D eigenvalue weighted by Crippen LogP contribution is -2.32. The van der Waals surface area contributed by atoms with Crippen LogP contribution >= 0.6 is 12.2 Å². The first kappa shape index (κ1) is 16.2. The molecule has 0 amide bonds. The van der Waals surface area contributed by atoms with Crippen molar-refractivity contribution in [2.45, 2.75) is 32.6 Å². The third-order valence-corrected chi connectivity index (χ3v) is 5.42. The third-order valence-electron chi connectivity index (χ3n) is 5.00. The summed E-state index contributed by atoms with van der Waals surface area (Å²) in [6.07, 6.45) is 2.95. The second-order valence-electron chi connectivity index (χ2n) is 6.62. The van der Waals surface area contributed by atoms with Gasteiger partial charge in [-0.2, -0.15) is 5.10 Å². The standard InChI is InChI=1S/C20H22N4S/c1-16(17-7-3-2-4-8-17)23-14-21-24(20(23)25)15-22-12-11-18-9-5-6-10-19(18)13-22/h2-10,14,16H,11-13,15H2,1H3/t16-/m0/s1. The zero-order valence-corrected chi connectivity index (χ0v) is 15.2. The highest BCUT2D eigenvalue weighted by molar-refractivity contribution is 7.71. The maximum absolute atomic E-state index is 5.68. The molecular weight excluding hydrogens is 328 g/mol. The van der Waals surface area contributed by atoms with Gasteiger partial charge in [0, 0.05) is 13.1 Å². The summed E-state index contributed by atoms with van der Waals surface area (Å²) in [6, 6.07) is 19.3. The maximum atomic E-state index is 5.68. The fourth-order valence-corrected chi connectivity index (χ4v) is 3.78. The second kappa shape index (κ2) is 6.94. The van der Waals surface area contributed by atoms with Gasteiger partial charge in [-0.05, 0) is 42.3 Å². The van der Waals surface area contributed by atoms with Gasteiger partial charge in [0.2, 0.25) is 0 Å². The molecule has 128 valence electrons. The molecule has 0 radical (unpaired) electrons. The van der Waals surface area contributed by atoms with Gasteiger partial charge >= 0.3 is 0 Å². The van der Waals surface area contributed by atoms with Crippen LogP contribution in [0.1, 0.15) is 29.7 Å². The minimum absolute atomic E-state index is 0.185. The largest absolute Gasteiger partial charge is 0.299 e. The molecule has 0 saturated carbocycles. The summed E-state index contributed by atoms with van der Waals surface area (Å²) in [5.74, 6) is 0. The molecule has 2 aromatic carbocycles. The Labute approximate surface area is 153 Å². The van der Waals surface area contributed by atoms with E-state index in [2.05, 4.69) is 70.0 Å². The van der Waals surface area contributed by atoms with Crippen LogP contribution in [0, 0.1) is 4.77 Å². The summed E-state index contributed by atoms with van der Waals surface area (Å²) in [4.78, 5) is 2.41. The van der Waals surface area contributed by atoms with Crippen molar-refractivity contribution in [3.05, 3.63) is 82.4 Å². The maximum Gasteiger partial charge on any atom is 0.199 e. The normalized spacial score (nSPS) is 15.7. The average Bonchev–Trinajstić information content (AvgIpc) is 3.02. The van der Waals surface area contributed by atoms with E-state index in [0.717, 1.165) is 31.0 Å². The zero-order chi connectivity index (χ0) is 17.2. The Balaban J connectivity index is 1.52. The van der Waals surface area contributed by atoms with Crippen molar-refractivity contribution in [3.8, 4) is 0 Å². The third kappa shape index (κ3) is 3.30. The lowest BCUT2D eigenvalue weighted by molar-refractivity contribution is 0.188. The van der Waals surface area contributed by atoms with Gasteiger partial charge in [-0.25, -0.2) is 4.68 Å². The minimum atomic E-state index is 0.185. The number of rotatable bonds is 4. The molecule has 0 spiro atoms. The molecule has 3 aromatic rings. The number of benzene rings is 2. The van der Waals surface area contributed by atoms with Gasteiger partial charge in [0.05, 0.1) is 12.7 Å². The SMILES string of the molecule is C[C@@H](c1ccccc1)n1cnn(CN2CCc3ccccc3C2)c1=S. The Morgan fingerprint density at radius 3 is 2.56 bits per heavy atom. The predicted molar refractivity (Wildman–Crippen MR) is 102 cm³/mol. The van der Waals surface area contributed by atoms with Gasteiger partial charge in [-0.15, -0.1) is 0 Å². The molecular formula is C20H22N4S. The molecule has 0 N–H and O–H groups in total. The monoisotopic (exact) mass is 350 g/mol. The van der Waals surface area contributed by atoms with Crippen molar-refractivity contribution in [1.29, 1.82) is 0 Å². The predicted octanol–water partition coefficient (Wildman–Crippen LogP) is 4.04. The lowest BCUT2D eigenvalue weighted by Gasteiger charge is -2.28. The van der Waals surface area contributed by atoms with E-state index in [0.29, 0.717) is 0 Å². The molecule has 1 atom stereocenters. The summed E-state index contributed by atoms with van der Waals surface area (Å²) in [5, 5.41) is 4.55. The van der Waals surface area contributed by atoms with Crippen molar-refractivity contribution in [2.75, 3.05) is 6.54 Å². The van der Waals surface area contributed by atoms with Crippen LogP contribution in [0.3, 0.4) is 0 Å². The molecule has 1 aliphatic heterocycles. The van der Waals surface area contributed by atoms with Crippen LogP contribution in [-0.4, -0.2) is 25.8 Å². The van der Waals surface area contributed by atoms with Gasteiger partial charge in [0.1, 0.15) is 6.33 Å². The Kier molecular flexibility index (Phi) is 4.51. The number of hydrogen-bond donors (Lipinski definition) is 0. The minimum Gasteiger partial charge on any atom is -0.299 e. The van der Waals surface area contributed by atoms with Gasteiger partial charge in [-0.3, -0.25) is 9.47 Å². The van der Waals surface area contributed by atoms with E-state index in [1.807, 2.05) is 17.1 Å². The highest BCUT2D eigenvalue weighted by Gasteiger charge is 2.17. The van der Waals surface area contributed by atoms with Crippen molar-refractivity contribution < 1.29 is 0 Å². The Bertz CT molecular complexity index is 913. The molecule has 1 aromatic heterocycles. The topological polar surface area (TPSA) is 26.0 Å². The second-order valence-corrected chi connectivity index (χ2v) is 6.98. The van der Waals surface area contributed by atoms with Crippen molar-refractivity contribution >= 4 is 12.2 Å². The molecule has 4 rings (SSSR count). The molecule has 0 fully saturated rings. The van der Waals surface area contributed by atoms with Crippen LogP contribution in [0.4, 0.5) is 0 Å². The first-order valence-electron chi connectivity index (χ1n) is 8.70.